The highest BCUT2D eigenvalue weighted by Crippen LogP contribution is 2.25. The average Bonchev–Trinajstić information content (AvgIpc) is 3.14. The van der Waals surface area contributed by atoms with E-state index in [-0.39, 0.29) is 30.6 Å². The molecule has 7 nitrogen and oxygen atoms in total. The van der Waals surface area contributed by atoms with Crippen molar-refractivity contribution in [3.8, 4) is 11.4 Å². The summed E-state index contributed by atoms with van der Waals surface area (Å²) >= 11 is 0. The number of nitrogens with zero attached hydrogens (tertiary/aromatic N) is 3. The Bertz CT molecular complexity index is 764. The lowest BCUT2D eigenvalue weighted by molar-refractivity contribution is 0.107. The number of hydrogen-bond donors (Lipinski definition) is 2. The number of carbonyl (C=O) groups is 1. The highest BCUT2D eigenvalue weighted by molar-refractivity contribution is 5.74. The molecule has 0 spiro atoms. The molecule has 0 unspecified atom stereocenters. The first kappa shape index (κ1) is 19.4. The van der Waals surface area contributed by atoms with E-state index in [0.717, 1.165) is 24.8 Å². The number of aromatic nitrogens is 2. The van der Waals surface area contributed by atoms with Gasteiger partial charge in [0.05, 0.1) is 19.2 Å². The molecule has 0 radical (unpaired) electrons. The Kier molecular flexibility index (Phi) is 5.79. The fourth-order valence-electron chi connectivity index (χ4n) is 3.27. The second-order valence-corrected chi connectivity index (χ2v) is 8.02. The zero-order chi connectivity index (χ0) is 19.4. The summed E-state index contributed by atoms with van der Waals surface area (Å²) in [6.45, 7) is 7.32. The lowest BCUT2D eigenvalue weighted by atomic mass is 9.87. The van der Waals surface area contributed by atoms with Gasteiger partial charge in [-0.05, 0) is 30.2 Å². The molecule has 1 fully saturated rings. The Morgan fingerprint density at radius 2 is 2.04 bits per heavy atom. The summed E-state index contributed by atoms with van der Waals surface area (Å²) in [5, 5.41) is 16.2. The number of nitrogens with one attached hydrogen (secondary N) is 1. The van der Waals surface area contributed by atoms with Crippen molar-refractivity contribution in [3.05, 3.63) is 35.7 Å². The van der Waals surface area contributed by atoms with Crippen LogP contribution in [0.25, 0.3) is 11.4 Å². The van der Waals surface area contributed by atoms with Crippen LogP contribution in [0.4, 0.5) is 4.79 Å². The van der Waals surface area contributed by atoms with E-state index in [1.54, 1.807) is 4.90 Å². The first-order chi connectivity index (χ1) is 12.9. The fraction of sp³-hybridized carbons (Fsp3) is 0.550. The molecule has 1 aliphatic heterocycles. The second-order valence-electron chi connectivity index (χ2n) is 8.02. The molecule has 2 heterocycles. The summed E-state index contributed by atoms with van der Waals surface area (Å²) in [5.74, 6) is 0.863. The maximum Gasteiger partial charge on any atom is 0.318 e. The molecule has 1 aromatic carbocycles. The standard InChI is InChI=1S/C20H28N4O3/c1-20(2,3)15-9-7-14(8-10-15)18-22-17(27-23-18)12-21-19(26)24-11-5-4-6-16(24)13-25/h7-10,16,25H,4-6,11-13H2,1-3H3,(H,21,26)/t16-/m0/s1. The Hall–Kier alpha value is -2.41. The molecule has 0 bridgehead atoms. The van der Waals surface area contributed by atoms with Gasteiger partial charge in [0.25, 0.3) is 0 Å². The molecule has 3 rings (SSSR count). The number of carbonyl (C=O) groups excluding carboxylic acids is 1. The molecule has 146 valence electrons. The normalized spacial score (nSPS) is 17.8. The van der Waals surface area contributed by atoms with Crippen LogP contribution in [0, 0.1) is 0 Å². The molecule has 2 aromatic rings. The number of aliphatic hydroxyl groups is 1. The summed E-state index contributed by atoms with van der Waals surface area (Å²) < 4.78 is 5.26. The molecular formula is C20H28N4O3. The number of aliphatic hydroxyl groups excluding tert-OH is 1. The molecule has 2 amide bonds. The maximum absolute atomic E-state index is 12.4. The SMILES string of the molecule is CC(C)(C)c1ccc(-c2noc(CNC(=O)N3CCCC[C@H]3CO)n2)cc1. The first-order valence-electron chi connectivity index (χ1n) is 9.47. The molecule has 2 N–H and O–H groups in total. The van der Waals surface area contributed by atoms with E-state index >= 15 is 0 Å². The Morgan fingerprint density at radius 3 is 2.70 bits per heavy atom. The zero-order valence-electron chi connectivity index (χ0n) is 16.2. The second kappa shape index (κ2) is 8.08. The van der Waals surface area contributed by atoms with Crippen LogP contribution in [-0.2, 0) is 12.0 Å². The van der Waals surface area contributed by atoms with Gasteiger partial charge in [-0.1, -0.05) is 50.2 Å². The number of hydrogen-bond acceptors (Lipinski definition) is 5. The minimum atomic E-state index is -0.206. The number of amides is 2. The van der Waals surface area contributed by atoms with Crippen molar-refractivity contribution in [2.45, 2.75) is 58.0 Å². The Balaban J connectivity index is 1.60. The third-order valence-electron chi connectivity index (χ3n) is 4.97. The van der Waals surface area contributed by atoms with Gasteiger partial charge in [-0.15, -0.1) is 0 Å². The maximum atomic E-state index is 12.4. The van der Waals surface area contributed by atoms with Gasteiger partial charge in [-0.3, -0.25) is 0 Å². The van der Waals surface area contributed by atoms with E-state index in [2.05, 4.69) is 48.4 Å². The highest BCUT2D eigenvalue weighted by Gasteiger charge is 2.26. The lowest BCUT2D eigenvalue weighted by Gasteiger charge is -2.34. The smallest absolute Gasteiger partial charge is 0.318 e. The van der Waals surface area contributed by atoms with Crippen molar-refractivity contribution < 1.29 is 14.4 Å². The fourth-order valence-corrected chi connectivity index (χ4v) is 3.27. The van der Waals surface area contributed by atoms with Crippen LogP contribution in [-0.4, -0.2) is 45.4 Å². The van der Waals surface area contributed by atoms with Crippen LogP contribution in [0.3, 0.4) is 0 Å². The average molecular weight is 372 g/mol. The molecule has 1 saturated heterocycles. The van der Waals surface area contributed by atoms with E-state index in [0.29, 0.717) is 18.3 Å². The predicted molar refractivity (Wildman–Crippen MR) is 102 cm³/mol. The van der Waals surface area contributed by atoms with Gasteiger partial charge in [-0.25, -0.2) is 4.79 Å². The third kappa shape index (κ3) is 4.66. The summed E-state index contributed by atoms with van der Waals surface area (Å²) in [6, 6.07) is 7.78. The van der Waals surface area contributed by atoms with E-state index in [9.17, 15) is 9.90 Å². The van der Waals surface area contributed by atoms with E-state index in [1.807, 2.05) is 12.1 Å². The number of urea groups is 1. The molecule has 27 heavy (non-hydrogen) atoms. The molecular weight excluding hydrogens is 344 g/mol. The molecule has 1 aliphatic rings. The van der Waals surface area contributed by atoms with Crippen LogP contribution in [0.15, 0.2) is 28.8 Å². The lowest BCUT2D eigenvalue weighted by Crippen LogP contribution is -2.49. The number of likely N-dealkylation sites (tertiary alicyclic amines) is 1. The quantitative estimate of drug-likeness (QED) is 0.860. The van der Waals surface area contributed by atoms with Crippen LogP contribution in [0.1, 0.15) is 51.5 Å². The van der Waals surface area contributed by atoms with Gasteiger partial charge in [-0.2, -0.15) is 4.98 Å². The minimum absolute atomic E-state index is 0.0112. The van der Waals surface area contributed by atoms with Gasteiger partial charge in [0.2, 0.25) is 11.7 Å². The summed E-state index contributed by atoms with van der Waals surface area (Å²) in [6.07, 6.45) is 2.83. The van der Waals surface area contributed by atoms with Crippen molar-refractivity contribution in [1.82, 2.24) is 20.4 Å². The minimum Gasteiger partial charge on any atom is -0.394 e. The highest BCUT2D eigenvalue weighted by atomic mass is 16.5. The van der Waals surface area contributed by atoms with Crippen LogP contribution in [0.2, 0.25) is 0 Å². The third-order valence-corrected chi connectivity index (χ3v) is 4.97. The van der Waals surface area contributed by atoms with Crippen molar-refractivity contribution >= 4 is 6.03 Å². The van der Waals surface area contributed by atoms with Gasteiger partial charge in [0.15, 0.2) is 0 Å². The van der Waals surface area contributed by atoms with Crippen LogP contribution < -0.4 is 5.32 Å². The van der Waals surface area contributed by atoms with E-state index in [1.165, 1.54) is 5.56 Å². The first-order valence-corrected chi connectivity index (χ1v) is 9.47. The van der Waals surface area contributed by atoms with Gasteiger partial charge in [0, 0.05) is 12.1 Å². The van der Waals surface area contributed by atoms with Crippen molar-refractivity contribution in [3.63, 3.8) is 0 Å². The van der Waals surface area contributed by atoms with Crippen LogP contribution in [0.5, 0.6) is 0 Å². The molecule has 1 atom stereocenters. The predicted octanol–water partition coefficient (Wildman–Crippen LogP) is 3.09. The topological polar surface area (TPSA) is 91.5 Å². The van der Waals surface area contributed by atoms with Crippen LogP contribution >= 0.6 is 0 Å². The van der Waals surface area contributed by atoms with E-state index < -0.39 is 0 Å². The molecule has 0 saturated carbocycles. The molecule has 7 heteroatoms. The Labute approximate surface area is 159 Å². The molecule has 0 aliphatic carbocycles. The van der Waals surface area contributed by atoms with E-state index in [4.69, 9.17) is 4.52 Å². The summed E-state index contributed by atoms with van der Waals surface area (Å²) in [4.78, 5) is 18.4. The number of benzene rings is 1. The molecule has 1 aromatic heterocycles. The summed E-state index contributed by atoms with van der Waals surface area (Å²) in [7, 11) is 0. The summed E-state index contributed by atoms with van der Waals surface area (Å²) in [5.41, 5.74) is 2.20. The van der Waals surface area contributed by atoms with Crippen molar-refractivity contribution in [1.29, 1.82) is 0 Å². The van der Waals surface area contributed by atoms with Crippen molar-refractivity contribution in [2.24, 2.45) is 0 Å². The largest absolute Gasteiger partial charge is 0.394 e. The number of piperidine rings is 1. The van der Waals surface area contributed by atoms with Crippen molar-refractivity contribution in [2.75, 3.05) is 13.2 Å². The number of rotatable bonds is 4. The van der Waals surface area contributed by atoms with Gasteiger partial charge < -0.3 is 19.8 Å². The Morgan fingerprint density at radius 1 is 1.30 bits per heavy atom. The monoisotopic (exact) mass is 372 g/mol. The van der Waals surface area contributed by atoms with Gasteiger partial charge in [0.1, 0.15) is 0 Å². The van der Waals surface area contributed by atoms with Gasteiger partial charge >= 0.3 is 6.03 Å². The zero-order valence-corrected chi connectivity index (χ0v) is 16.2.